The fraction of sp³-hybridized carbons (Fsp3) is 0.632. The highest BCUT2D eigenvalue weighted by molar-refractivity contribution is 5.86. The number of hydrogen-bond donors (Lipinski definition) is 0. The Hall–Kier alpha value is -2.71. The van der Waals surface area contributed by atoms with E-state index in [0.717, 1.165) is 42.2 Å². The molecule has 4 heterocycles. The van der Waals surface area contributed by atoms with Crippen molar-refractivity contribution in [3.63, 3.8) is 0 Å². The largest absolute Gasteiger partial charge is 0.336 e. The van der Waals surface area contributed by atoms with Crippen LogP contribution in [0.25, 0.3) is 11.5 Å². The van der Waals surface area contributed by atoms with Crippen molar-refractivity contribution < 1.29 is 9.59 Å². The van der Waals surface area contributed by atoms with Crippen LogP contribution < -0.4 is 0 Å². The lowest BCUT2D eigenvalue weighted by atomic mass is 10.0. The minimum absolute atomic E-state index is 0.00940. The van der Waals surface area contributed by atoms with Crippen LogP contribution >= 0.6 is 0 Å². The van der Waals surface area contributed by atoms with Crippen molar-refractivity contribution in [3.05, 3.63) is 17.6 Å². The predicted molar refractivity (Wildman–Crippen MR) is 99.9 cm³/mol. The number of carbonyl (C=O) groups is 2. The predicted octanol–water partition coefficient (Wildman–Crippen LogP) is 0.596. The van der Waals surface area contributed by atoms with Gasteiger partial charge in [-0.1, -0.05) is 0 Å². The smallest absolute Gasteiger partial charge is 0.242 e. The summed E-state index contributed by atoms with van der Waals surface area (Å²) in [6.07, 6.45) is 6.46. The maximum Gasteiger partial charge on any atom is 0.242 e. The van der Waals surface area contributed by atoms with E-state index in [4.69, 9.17) is 5.10 Å². The van der Waals surface area contributed by atoms with E-state index in [1.54, 1.807) is 11.2 Å². The van der Waals surface area contributed by atoms with Crippen LogP contribution in [0.3, 0.4) is 0 Å². The molecule has 0 spiro atoms. The molecule has 148 valence electrons. The minimum atomic E-state index is 0.00940. The third-order valence-corrected chi connectivity index (χ3v) is 6.07. The molecule has 0 atom stereocenters. The average Bonchev–Trinajstić information content (AvgIpc) is 3.07. The van der Waals surface area contributed by atoms with Gasteiger partial charge in [0.15, 0.2) is 5.82 Å². The number of nitrogens with zero attached hydrogens (tertiary/aromatic N) is 7. The SMILES string of the molecule is Cn1nc(-c2nncn2CC2CC2)c2c1CCN(C(=O)CN1CCCC1=O)C2. The van der Waals surface area contributed by atoms with Crippen LogP contribution in [0.4, 0.5) is 0 Å². The summed E-state index contributed by atoms with van der Waals surface area (Å²) in [6.45, 7) is 2.96. The molecule has 2 aliphatic heterocycles. The molecule has 0 radical (unpaired) electrons. The quantitative estimate of drug-likeness (QED) is 0.754. The molecule has 0 bridgehead atoms. The molecule has 2 aromatic heterocycles. The van der Waals surface area contributed by atoms with Gasteiger partial charge in [-0.2, -0.15) is 5.10 Å². The standard InChI is InChI=1S/C19H25N7O2/c1-23-15-6-8-25(17(28)11-24-7-2-3-16(24)27)10-14(15)18(22-23)19-21-20-12-26(19)9-13-4-5-13/h12-13H,2-11H2,1H3. The van der Waals surface area contributed by atoms with E-state index in [1.807, 2.05) is 16.6 Å². The van der Waals surface area contributed by atoms with E-state index >= 15 is 0 Å². The number of aryl methyl sites for hydroxylation is 1. The highest BCUT2D eigenvalue weighted by Gasteiger charge is 2.32. The zero-order chi connectivity index (χ0) is 19.3. The second kappa shape index (κ2) is 6.72. The summed E-state index contributed by atoms with van der Waals surface area (Å²) in [5.74, 6) is 1.59. The molecule has 2 fully saturated rings. The first kappa shape index (κ1) is 17.4. The summed E-state index contributed by atoms with van der Waals surface area (Å²) < 4.78 is 4.00. The van der Waals surface area contributed by atoms with Crippen molar-refractivity contribution in [1.29, 1.82) is 0 Å². The third kappa shape index (κ3) is 3.08. The van der Waals surface area contributed by atoms with Gasteiger partial charge in [0.25, 0.3) is 0 Å². The molecule has 9 nitrogen and oxygen atoms in total. The number of carbonyl (C=O) groups excluding carboxylic acids is 2. The fourth-order valence-corrected chi connectivity index (χ4v) is 4.27. The molecule has 1 saturated carbocycles. The van der Waals surface area contributed by atoms with Crippen molar-refractivity contribution >= 4 is 11.8 Å². The summed E-state index contributed by atoms with van der Waals surface area (Å²) in [5.41, 5.74) is 3.03. The molecule has 2 amide bonds. The Labute approximate surface area is 163 Å². The summed E-state index contributed by atoms with van der Waals surface area (Å²) in [4.78, 5) is 28.2. The molecule has 0 N–H and O–H groups in total. The number of rotatable bonds is 5. The van der Waals surface area contributed by atoms with Crippen LogP contribution in [-0.2, 0) is 36.1 Å². The van der Waals surface area contributed by atoms with Gasteiger partial charge in [0.05, 0.1) is 6.54 Å². The van der Waals surface area contributed by atoms with Crippen LogP contribution in [0, 0.1) is 5.92 Å². The molecule has 5 rings (SSSR count). The zero-order valence-corrected chi connectivity index (χ0v) is 16.2. The van der Waals surface area contributed by atoms with Crippen molar-refractivity contribution in [1.82, 2.24) is 34.3 Å². The van der Waals surface area contributed by atoms with Crippen LogP contribution in [0.2, 0.25) is 0 Å². The van der Waals surface area contributed by atoms with Gasteiger partial charge in [0, 0.05) is 57.3 Å². The summed E-state index contributed by atoms with van der Waals surface area (Å²) in [5, 5.41) is 13.2. The Balaban J connectivity index is 1.38. The number of likely N-dealkylation sites (tertiary alicyclic amines) is 1. The molecule has 0 unspecified atom stereocenters. The summed E-state index contributed by atoms with van der Waals surface area (Å²) in [7, 11) is 1.95. The van der Waals surface area contributed by atoms with E-state index in [0.29, 0.717) is 32.0 Å². The second-order valence-corrected chi connectivity index (χ2v) is 8.13. The zero-order valence-electron chi connectivity index (χ0n) is 16.2. The lowest BCUT2D eigenvalue weighted by Crippen LogP contribution is -2.43. The first-order chi connectivity index (χ1) is 13.6. The van der Waals surface area contributed by atoms with E-state index in [9.17, 15) is 9.59 Å². The molecule has 28 heavy (non-hydrogen) atoms. The molecule has 1 saturated heterocycles. The number of hydrogen-bond acceptors (Lipinski definition) is 5. The van der Waals surface area contributed by atoms with Crippen molar-refractivity contribution in [3.8, 4) is 11.5 Å². The molecular weight excluding hydrogens is 358 g/mol. The first-order valence-corrected chi connectivity index (χ1v) is 10.1. The Kier molecular flexibility index (Phi) is 4.17. The van der Waals surface area contributed by atoms with Gasteiger partial charge in [0.1, 0.15) is 12.0 Å². The summed E-state index contributed by atoms with van der Waals surface area (Å²) in [6, 6.07) is 0. The Morgan fingerprint density at radius 2 is 2.11 bits per heavy atom. The van der Waals surface area contributed by atoms with Gasteiger partial charge >= 0.3 is 0 Å². The van der Waals surface area contributed by atoms with Crippen molar-refractivity contribution in [2.75, 3.05) is 19.6 Å². The Morgan fingerprint density at radius 3 is 2.86 bits per heavy atom. The summed E-state index contributed by atoms with van der Waals surface area (Å²) >= 11 is 0. The molecule has 1 aliphatic carbocycles. The highest BCUT2D eigenvalue weighted by Crippen LogP contribution is 2.33. The van der Waals surface area contributed by atoms with E-state index < -0.39 is 0 Å². The van der Waals surface area contributed by atoms with Gasteiger partial charge in [-0.25, -0.2) is 0 Å². The molecule has 3 aliphatic rings. The normalized spacial score (nSPS) is 19.4. The minimum Gasteiger partial charge on any atom is -0.336 e. The molecule has 0 aromatic carbocycles. The maximum atomic E-state index is 12.8. The Bertz CT molecular complexity index is 927. The van der Waals surface area contributed by atoms with E-state index in [1.165, 1.54) is 12.8 Å². The van der Waals surface area contributed by atoms with E-state index in [-0.39, 0.29) is 18.4 Å². The van der Waals surface area contributed by atoms with Crippen molar-refractivity contribution in [2.45, 2.75) is 45.2 Å². The van der Waals surface area contributed by atoms with Gasteiger partial charge < -0.3 is 14.4 Å². The number of fused-ring (bicyclic) bond motifs is 1. The second-order valence-electron chi connectivity index (χ2n) is 8.13. The number of amides is 2. The van der Waals surface area contributed by atoms with Crippen LogP contribution in [0.15, 0.2) is 6.33 Å². The lowest BCUT2D eigenvalue weighted by Gasteiger charge is -2.29. The Morgan fingerprint density at radius 1 is 1.25 bits per heavy atom. The van der Waals surface area contributed by atoms with Crippen molar-refractivity contribution in [2.24, 2.45) is 13.0 Å². The average molecular weight is 383 g/mol. The van der Waals surface area contributed by atoms with E-state index in [2.05, 4.69) is 14.8 Å². The highest BCUT2D eigenvalue weighted by atomic mass is 16.2. The molecule has 9 heteroatoms. The van der Waals surface area contributed by atoms with Gasteiger partial charge in [-0.3, -0.25) is 14.3 Å². The maximum absolute atomic E-state index is 12.8. The third-order valence-electron chi connectivity index (χ3n) is 6.07. The molecular formula is C19H25N7O2. The van der Waals surface area contributed by atoms with Crippen LogP contribution in [-0.4, -0.2) is 65.8 Å². The van der Waals surface area contributed by atoms with Crippen LogP contribution in [0.1, 0.15) is 36.9 Å². The fourth-order valence-electron chi connectivity index (χ4n) is 4.27. The first-order valence-electron chi connectivity index (χ1n) is 10.1. The van der Waals surface area contributed by atoms with Gasteiger partial charge in [-0.15, -0.1) is 10.2 Å². The van der Waals surface area contributed by atoms with Crippen LogP contribution in [0.5, 0.6) is 0 Å². The van der Waals surface area contributed by atoms with Gasteiger partial charge in [0.2, 0.25) is 11.8 Å². The molecule has 2 aromatic rings. The van der Waals surface area contributed by atoms with Gasteiger partial charge in [-0.05, 0) is 25.2 Å². The number of aromatic nitrogens is 5. The lowest BCUT2D eigenvalue weighted by molar-refractivity contribution is -0.139. The monoisotopic (exact) mass is 383 g/mol. The topological polar surface area (TPSA) is 89.2 Å².